The maximum Gasteiger partial charge on any atom is 0.225 e. The number of nitrogens with zero attached hydrogens (tertiary/aromatic N) is 2. The molecule has 1 aromatic rings. The van der Waals surface area contributed by atoms with Crippen LogP contribution in [0.25, 0.3) is 0 Å². The van der Waals surface area contributed by atoms with E-state index in [1.807, 2.05) is 0 Å². The summed E-state index contributed by atoms with van der Waals surface area (Å²) in [5, 5.41) is 6.83. The Labute approximate surface area is 185 Å². The van der Waals surface area contributed by atoms with Gasteiger partial charge < -0.3 is 15.5 Å². The molecule has 0 spiro atoms. The van der Waals surface area contributed by atoms with E-state index < -0.39 is 0 Å². The van der Waals surface area contributed by atoms with Crippen LogP contribution >= 0.6 is 51.2 Å². The lowest BCUT2D eigenvalue weighted by Crippen LogP contribution is -2.45. The van der Waals surface area contributed by atoms with E-state index in [4.69, 9.17) is 0 Å². The van der Waals surface area contributed by atoms with Crippen LogP contribution in [0.5, 0.6) is 0 Å². The Bertz CT molecular complexity index is 618. The first-order valence-electron chi connectivity index (χ1n) is 9.16. The molecule has 2 fully saturated rings. The molecule has 1 aliphatic carbocycles. The molecule has 5 nitrogen and oxygen atoms in total. The van der Waals surface area contributed by atoms with E-state index in [2.05, 4.69) is 48.6 Å². The molecule has 0 bridgehead atoms. The Morgan fingerprint density at radius 1 is 1.31 bits per heavy atom. The molecular formula is C18H28BrIN4OS. The molecule has 1 saturated carbocycles. The summed E-state index contributed by atoms with van der Waals surface area (Å²) in [7, 11) is 1.79. The second-order valence-corrected chi connectivity index (χ2v) is 9.43. The van der Waals surface area contributed by atoms with Gasteiger partial charge in [-0.2, -0.15) is 0 Å². The van der Waals surface area contributed by atoms with Gasteiger partial charge in [0.25, 0.3) is 0 Å². The molecule has 2 N–H and O–H groups in total. The van der Waals surface area contributed by atoms with Crippen molar-refractivity contribution < 1.29 is 4.79 Å². The zero-order valence-electron chi connectivity index (χ0n) is 15.2. The molecule has 1 saturated heterocycles. The molecule has 2 aliphatic rings. The standard InChI is InChI=1S/C18H27BrN4OS.HI/c1-20-18(21-11-15-7-8-16(19)25-15)22-14-9-10-23(12-14)17(24)13-5-3-2-4-6-13;/h7-8,13-14H,2-6,9-12H2,1H3,(H2,20,21,22);1H. The van der Waals surface area contributed by atoms with Gasteiger partial charge in [-0.25, -0.2) is 0 Å². The van der Waals surface area contributed by atoms with Gasteiger partial charge in [0.15, 0.2) is 5.96 Å². The average molecular weight is 555 g/mol. The number of halogens is 2. The maximum absolute atomic E-state index is 12.7. The second-order valence-electron chi connectivity index (χ2n) is 6.88. The molecule has 0 aromatic carbocycles. The number of carbonyl (C=O) groups excluding carboxylic acids is 1. The SMILES string of the molecule is CN=C(NCc1ccc(Br)s1)NC1CCN(C(=O)C2CCCCC2)C1.I. The van der Waals surface area contributed by atoms with Crippen molar-refractivity contribution in [2.75, 3.05) is 20.1 Å². The Hall–Kier alpha value is -0.350. The highest BCUT2D eigenvalue weighted by Crippen LogP contribution is 2.27. The fourth-order valence-corrected chi connectivity index (χ4v) is 5.11. The number of hydrogen-bond donors (Lipinski definition) is 2. The van der Waals surface area contributed by atoms with Gasteiger partial charge in [0.2, 0.25) is 5.91 Å². The van der Waals surface area contributed by atoms with E-state index in [-0.39, 0.29) is 35.9 Å². The van der Waals surface area contributed by atoms with Crippen molar-refractivity contribution in [1.29, 1.82) is 0 Å². The summed E-state index contributed by atoms with van der Waals surface area (Å²) >= 11 is 5.21. The van der Waals surface area contributed by atoms with Crippen molar-refractivity contribution in [1.82, 2.24) is 15.5 Å². The highest BCUT2D eigenvalue weighted by Gasteiger charge is 2.31. The van der Waals surface area contributed by atoms with Gasteiger partial charge in [-0.3, -0.25) is 9.79 Å². The van der Waals surface area contributed by atoms with Gasteiger partial charge in [0.1, 0.15) is 0 Å². The van der Waals surface area contributed by atoms with Crippen LogP contribution in [0.2, 0.25) is 0 Å². The van der Waals surface area contributed by atoms with Crippen LogP contribution in [0.15, 0.2) is 20.9 Å². The summed E-state index contributed by atoms with van der Waals surface area (Å²) in [6.45, 7) is 2.41. The van der Waals surface area contributed by atoms with Gasteiger partial charge in [-0.15, -0.1) is 35.3 Å². The number of rotatable bonds is 4. The van der Waals surface area contributed by atoms with Gasteiger partial charge in [-0.1, -0.05) is 19.3 Å². The van der Waals surface area contributed by atoms with Crippen LogP contribution in [0.4, 0.5) is 0 Å². The summed E-state index contributed by atoms with van der Waals surface area (Å²) in [6.07, 6.45) is 6.85. The predicted octanol–water partition coefficient (Wildman–Crippen LogP) is 3.97. The van der Waals surface area contributed by atoms with Gasteiger partial charge in [0.05, 0.1) is 10.3 Å². The first-order chi connectivity index (χ1) is 12.2. The highest BCUT2D eigenvalue weighted by atomic mass is 127. The Morgan fingerprint density at radius 3 is 2.73 bits per heavy atom. The van der Waals surface area contributed by atoms with Crippen molar-refractivity contribution in [2.24, 2.45) is 10.9 Å². The molecule has 8 heteroatoms. The summed E-state index contributed by atoms with van der Waals surface area (Å²) in [5.74, 6) is 1.44. The van der Waals surface area contributed by atoms with Crippen molar-refractivity contribution in [2.45, 2.75) is 51.1 Å². The average Bonchev–Trinajstić information content (AvgIpc) is 3.27. The fraction of sp³-hybridized carbons (Fsp3) is 0.667. The fourth-order valence-electron chi connectivity index (χ4n) is 3.69. The van der Waals surface area contributed by atoms with Crippen LogP contribution in [0, 0.1) is 5.92 Å². The van der Waals surface area contributed by atoms with E-state index in [0.717, 1.165) is 48.6 Å². The number of likely N-dealkylation sites (tertiary alicyclic amines) is 1. The first kappa shape index (κ1) is 21.9. The minimum Gasteiger partial charge on any atom is -0.352 e. The number of nitrogens with one attached hydrogen (secondary N) is 2. The molecule has 1 amide bonds. The predicted molar refractivity (Wildman–Crippen MR) is 122 cm³/mol. The molecule has 146 valence electrons. The number of hydrogen-bond acceptors (Lipinski definition) is 3. The summed E-state index contributed by atoms with van der Waals surface area (Å²) in [6, 6.07) is 4.45. The number of guanidine groups is 1. The Balaban J connectivity index is 0.00000243. The summed E-state index contributed by atoms with van der Waals surface area (Å²) < 4.78 is 1.14. The number of aliphatic imine (C=N–C) groups is 1. The first-order valence-corrected chi connectivity index (χ1v) is 10.8. The van der Waals surface area contributed by atoms with Crippen molar-refractivity contribution >= 4 is 63.1 Å². The van der Waals surface area contributed by atoms with Gasteiger partial charge in [-0.05, 0) is 47.3 Å². The van der Waals surface area contributed by atoms with E-state index >= 15 is 0 Å². The molecule has 1 aliphatic heterocycles. The number of carbonyl (C=O) groups is 1. The largest absolute Gasteiger partial charge is 0.352 e. The Morgan fingerprint density at radius 2 is 2.08 bits per heavy atom. The molecule has 0 radical (unpaired) electrons. The Kier molecular flexibility index (Phi) is 9.16. The van der Waals surface area contributed by atoms with Crippen LogP contribution in [0.1, 0.15) is 43.4 Å². The zero-order chi connectivity index (χ0) is 17.6. The van der Waals surface area contributed by atoms with E-state index in [1.165, 1.54) is 24.1 Å². The van der Waals surface area contributed by atoms with E-state index in [9.17, 15) is 4.79 Å². The van der Waals surface area contributed by atoms with Crippen molar-refractivity contribution in [3.8, 4) is 0 Å². The smallest absolute Gasteiger partial charge is 0.225 e. The highest BCUT2D eigenvalue weighted by molar-refractivity contribution is 14.0. The van der Waals surface area contributed by atoms with Gasteiger partial charge >= 0.3 is 0 Å². The third-order valence-corrected chi connectivity index (χ3v) is 6.70. The minimum atomic E-state index is 0. The molecular weight excluding hydrogens is 527 g/mol. The summed E-state index contributed by atoms with van der Waals surface area (Å²) in [4.78, 5) is 20.3. The lowest BCUT2D eigenvalue weighted by molar-refractivity contribution is -0.135. The minimum absolute atomic E-state index is 0. The summed E-state index contributed by atoms with van der Waals surface area (Å²) in [5.41, 5.74) is 0. The lowest BCUT2D eigenvalue weighted by atomic mass is 9.88. The second kappa shape index (κ2) is 10.8. The molecule has 2 heterocycles. The molecule has 26 heavy (non-hydrogen) atoms. The van der Waals surface area contributed by atoms with Crippen LogP contribution < -0.4 is 10.6 Å². The third-order valence-electron chi connectivity index (χ3n) is 5.08. The quantitative estimate of drug-likeness (QED) is 0.336. The molecule has 1 unspecified atom stereocenters. The van der Waals surface area contributed by atoms with Gasteiger partial charge in [0, 0.05) is 37.0 Å². The zero-order valence-corrected chi connectivity index (χ0v) is 19.9. The topological polar surface area (TPSA) is 56.7 Å². The maximum atomic E-state index is 12.7. The van der Waals surface area contributed by atoms with Crippen LogP contribution in [-0.2, 0) is 11.3 Å². The van der Waals surface area contributed by atoms with Crippen molar-refractivity contribution in [3.05, 3.63) is 20.8 Å². The molecule has 1 aromatic heterocycles. The lowest BCUT2D eigenvalue weighted by Gasteiger charge is -2.26. The van der Waals surface area contributed by atoms with E-state index in [0.29, 0.717) is 5.91 Å². The van der Waals surface area contributed by atoms with Crippen molar-refractivity contribution in [3.63, 3.8) is 0 Å². The number of amides is 1. The third kappa shape index (κ3) is 6.09. The van der Waals surface area contributed by atoms with Crippen LogP contribution in [0.3, 0.4) is 0 Å². The van der Waals surface area contributed by atoms with Crippen LogP contribution in [-0.4, -0.2) is 42.9 Å². The normalized spacial score (nSPS) is 21.4. The monoisotopic (exact) mass is 554 g/mol. The number of thiophene rings is 1. The molecule has 1 atom stereocenters. The van der Waals surface area contributed by atoms with E-state index in [1.54, 1.807) is 18.4 Å². The molecule has 3 rings (SSSR count).